The van der Waals surface area contributed by atoms with Crippen LogP contribution >= 0.6 is 11.6 Å². The third-order valence-electron chi connectivity index (χ3n) is 6.72. The molecule has 36 heavy (non-hydrogen) atoms. The maximum Gasteiger partial charge on any atom is 0.260 e. The molecule has 2 aromatic heterocycles. The minimum atomic E-state index is -0.436. The van der Waals surface area contributed by atoms with E-state index in [2.05, 4.69) is 16.3 Å². The molecular weight excluding hydrogens is 479 g/mol. The molecule has 1 aliphatic heterocycles. The third-order valence-corrected chi connectivity index (χ3v) is 7.03. The Kier molecular flexibility index (Phi) is 5.31. The number of benzene rings is 2. The summed E-state index contributed by atoms with van der Waals surface area (Å²) in [7, 11) is 1.84. The van der Waals surface area contributed by atoms with Crippen LogP contribution in [0.25, 0.3) is 22.5 Å². The van der Waals surface area contributed by atoms with Gasteiger partial charge in [-0.1, -0.05) is 6.07 Å². The first-order chi connectivity index (χ1) is 17.5. The van der Waals surface area contributed by atoms with E-state index >= 15 is 0 Å². The van der Waals surface area contributed by atoms with Crippen LogP contribution in [0.4, 0.5) is 10.2 Å². The summed E-state index contributed by atoms with van der Waals surface area (Å²) in [6.45, 7) is 0.104. The van der Waals surface area contributed by atoms with Gasteiger partial charge in [0.15, 0.2) is 5.82 Å². The first-order valence-corrected chi connectivity index (χ1v) is 12.1. The molecule has 2 aromatic carbocycles. The lowest BCUT2D eigenvalue weighted by Crippen LogP contribution is -2.24. The van der Waals surface area contributed by atoms with Crippen molar-refractivity contribution in [1.82, 2.24) is 19.7 Å². The van der Waals surface area contributed by atoms with Crippen molar-refractivity contribution in [2.75, 3.05) is 4.90 Å². The monoisotopic (exact) mass is 498 g/mol. The van der Waals surface area contributed by atoms with E-state index in [1.807, 2.05) is 25.2 Å². The van der Waals surface area contributed by atoms with Crippen LogP contribution in [0.2, 0.25) is 0 Å². The van der Waals surface area contributed by atoms with Gasteiger partial charge >= 0.3 is 0 Å². The van der Waals surface area contributed by atoms with Crippen LogP contribution in [0.15, 0.2) is 48.8 Å². The highest BCUT2D eigenvalue weighted by Gasteiger charge is 2.34. The van der Waals surface area contributed by atoms with Gasteiger partial charge in [0.2, 0.25) is 0 Å². The van der Waals surface area contributed by atoms with Crippen molar-refractivity contribution in [3.05, 3.63) is 82.6 Å². The number of hydrogen-bond acceptors (Lipinski definition) is 5. The van der Waals surface area contributed by atoms with Gasteiger partial charge in [-0.25, -0.2) is 9.37 Å². The molecule has 2 aliphatic rings. The van der Waals surface area contributed by atoms with Gasteiger partial charge in [0, 0.05) is 41.2 Å². The molecule has 0 unspecified atom stereocenters. The molecular formula is C27H20ClFN6O. The second-order valence-electron chi connectivity index (χ2n) is 9.18. The van der Waals surface area contributed by atoms with Crippen LogP contribution in [-0.2, 0) is 19.5 Å². The molecule has 4 aromatic rings. The fraction of sp³-hybridized carbons (Fsp3) is 0.222. The molecule has 0 bridgehead atoms. The zero-order chi connectivity index (χ0) is 25.0. The van der Waals surface area contributed by atoms with Gasteiger partial charge in [-0.3, -0.25) is 9.69 Å². The molecule has 0 spiro atoms. The van der Waals surface area contributed by atoms with E-state index in [1.54, 1.807) is 29.1 Å². The van der Waals surface area contributed by atoms with Crippen LogP contribution in [0.3, 0.4) is 0 Å². The first-order valence-electron chi connectivity index (χ1n) is 11.6. The van der Waals surface area contributed by atoms with Crippen LogP contribution in [0.1, 0.15) is 51.5 Å². The summed E-state index contributed by atoms with van der Waals surface area (Å²) < 4.78 is 16.6. The van der Waals surface area contributed by atoms with E-state index in [1.165, 1.54) is 11.0 Å². The summed E-state index contributed by atoms with van der Waals surface area (Å²) >= 11 is 5.91. The number of carbonyl (C=O) groups excluding carboxylic acids is 1. The maximum atomic E-state index is 14.8. The summed E-state index contributed by atoms with van der Waals surface area (Å²) in [6, 6.07) is 14.5. The molecule has 1 saturated carbocycles. The first kappa shape index (κ1) is 22.4. The van der Waals surface area contributed by atoms with Crippen LogP contribution in [0.5, 0.6) is 0 Å². The van der Waals surface area contributed by atoms with Crippen molar-refractivity contribution in [1.29, 1.82) is 5.26 Å². The molecule has 3 heterocycles. The van der Waals surface area contributed by atoms with E-state index in [0.29, 0.717) is 39.8 Å². The van der Waals surface area contributed by atoms with Crippen molar-refractivity contribution in [2.45, 2.75) is 31.2 Å². The number of halogens is 2. The molecule has 1 fully saturated rings. The van der Waals surface area contributed by atoms with Gasteiger partial charge in [-0.05, 0) is 65.9 Å². The Morgan fingerprint density at radius 1 is 1.14 bits per heavy atom. The number of nitriles is 1. The average Bonchev–Trinajstić information content (AvgIpc) is 3.58. The van der Waals surface area contributed by atoms with Crippen molar-refractivity contribution < 1.29 is 9.18 Å². The number of aromatic nitrogens is 4. The summed E-state index contributed by atoms with van der Waals surface area (Å²) in [5.41, 5.74) is 5.07. The summed E-state index contributed by atoms with van der Waals surface area (Å²) in [5.74, 6) is 0.801. The largest absolute Gasteiger partial charge is 0.317 e. The molecule has 0 saturated heterocycles. The second-order valence-corrected chi connectivity index (χ2v) is 9.45. The van der Waals surface area contributed by atoms with E-state index < -0.39 is 5.82 Å². The van der Waals surface area contributed by atoms with Crippen LogP contribution in [-0.4, -0.2) is 25.7 Å². The van der Waals surface area contributed by atoms with E-state index in [9.17, 15) is 14.4 Å². The van der Waals surface area contributed by atoms with Crippen molar-refractivity contribution >= 4 is 23.3 Å². The van der Waals surface area contributed by atoms with Crippen LogP contribution < -0.4 is 4.90 Å². The number of anilines is 1. The molecule has 0 radical (unpaired) electrons. The average molecular weight is 499 g/mol. The second kappa shape index (κ2) is 8.54. The SMILES string of the molecule is Cn1cnnc1-c1cc(C#N)ccc1-c1cc(C2CC2)nc(N2Cc3c(F)cc(CCl)cc3C2=O)c1. The van der Waals surface area contributed by atoms with Crippen molar-refractivity contribution in [2.24, 2.45) is 7.05 Å². The van der Waals surface area contributed by atoms with Crippen LogP contribution in [0, 0.1) is 17.1 Å². The fourth-order valence-corrected chi connectivity index (χ4v) is 4.83. The molecule has 178 valence electrons. The number of hydrogen-bond donors (Lipinski definition) is 0. The number of pyridine rings is 1. The number of aryl methyl sites for hydroxylation is 1. The van der Waals surface area contributed by atoms with Gasteiger partial charge < -0.3 is 4.57 Å². The number of rotatable bonds is 5. The number of fused-ring (bicyclic) bond motifs is 1. The molecule has 0 N–H and O–H groups in total. The van der Waals surface area contributed by atoms with E-state index in [-0.39, 0.29) is 18.3 Å². The Morgan fingerprint density at radius 3 is 2.67 bits per heavy atom. The van der Waals surface area contributed by atoms with E-state index in [0.717, 1.165) is 35.2 Å². The van der Waals surface area contributed by atoms with Crippen molar-refractivity contribution in [3.63, 3.8) is 0 Å². The lowest BCUT2D eigenvalue weighted by Gasteiger charge is -2.18. The molecule has 6 rings (SSSR count). The predicted octanol–water partition coefficient (Wildman–Crippen LogP) is 5.33. The third kappa shape index (κ3) is 3.73. The molecule has 9 heteroatoms. The van der Waals surface area contributed by atoms with Gasteiger partial charge in [0.05, 0.1) is 18.2 Å². The normalized spacial score (nSPS) is 14.7. The number of alkyl halides is 1. The Hall–Kier alpha value is -4.09. The Morgan fingerprint density at radius 2 is 1.97 bits per heavy atom. The minimum absolute atomic E-state index is 0.104. The molecule has 1 amide bonds. The van der Waals surface area contributed by atoms with Gasteiger partial charge in [-0.15, -0.1) is 21.8 Å². The summed E-state index contributed by atoms with van der Waals surface area (Å²) in [4.78, 5) is 19.7. The topological polar surface area (TPSA) is 87.7 Å². The van der Waals surface area contributed by atoms with Gasteiger partial charge in [-0.2, -0.15) is 5.26 Å². The Labute approximate surface area is 211 Å². The van der Waals surface area contributed by atoms with Crippen molar-refractivity contribution in [3.8, 4) is 28.6 Å². The van der Waals surface area contributed by atoms with Gasteiger partial charge in [0.1, 0.15) is 18.0 Å². The Balaban J connectivity index is 1.49. The molecule has 7 nitrogen and oxygen atoms in total. The lowest BCUT2D eigenvalue weighted by molar-refractivity contribution is 0.0995. The maximum absolute atomic E-state index is 14.8. The Bertz CT molecular complexity index is 1590. The predicted molar refractivity (Wildman–Crippen MR) is 133 cm³/mol. The smallest absolute Gasteiger partial charge is 0.260 e. The molecule has 0 atom stereocenters. The number of nitrogens with zero attached hydrogens (tertiary/aromatic N) is 6. The zero-order valence-corrected chi connectivity index (χ0v) is 20.1. The lowest BCUT2D eigenvalue weighted by atomic mass is 9.96. The highest BCUT2D eigenvalue weighted by Crippen LogP contribution is 2.43. The summed E-state index contributed by atoms with van der Waals surface area (Å²) in [5, 5.41) is 17.7. The molecule has 1 aliphatic carbocycles. The standard InChI is InChI=1S/C27H20ClFN6O/c1-34-14-31-33-26(34)20-6-15(12-30)2-5-19(20)18-9-24(17-3-4-17)32-25(10-18)35-13-22-21(27(35)36)7-16(11-28)8-23(22)29/h2,5-10,14,17H,3-4,11,13H2,1H3. The van der Waals surface area contributed by atoms with E-state index in [4.69, 9.17) is 16.6 Å². The zero-order valence-electron chi connectivity index (χ0n) is 19.4. The quantitative estimate of drug-likeness (QED) is 0.347. The number of carbonyl (C=O) groups is 1. The minimum Gasteiger partial charge on any atom is -0.317 e. The summed E-state index contributed by atoms with van der Waals surface area (Å²) in [6.07, 6.45) is 3.66. The highest BCUT2D eigenvalue weighted by atomic mass is 35.5. The van der Waals surface area contributed by atoms with Gasteiger partial charge in [0.25, 0.3) is 5.91 Å². The fourth-order valence-electron chi connectivity index (χ4n) is 4.68. The highest BCUT2D eigenvalue weighted by molar-refractivity contribution is 6.17. The number of amides is 1.